The first kappa shape index (κ1) is 19.3. The number of aryl methyl sites for hydroxylation is 1. The number of carbonyl (C=O) groups excluding carboxylic acids is 1. The van der Waals surface area contributed by atoms with E-state index in [0.29, 0.717) is 11.1 Å². The van der Waals surface area contributed by atoms with Gasteiger partial charge in [-0.1, -0.05) is 12.1 Å². The fraction of sp³-hybridized carbons (Fsp3) is 0.222. The fourth-order valence-corrected chi connectivity index (χ4v) is 4.25. The number of benzene rings is 1. The van der Waals surface area contributed by atoms with Crippen LogP contribution in [-0.2, 0) is 10.0 Å². The Morgan fingerprint density at radius 2 is 2.04 bits per heavy atom. The SMILES string of the molecule is Cc1cc(C(=O)NC(C)c2cccc(S(N)(=O)=O)c2)c(C)n1-c1nccs1. The summed E-state index contributed by atoms with van der Waals surface area (Å²) in [4.78, 5) is 17.1. The van der Waals surface area contributed by atoms with Crippen molar-refractivity contribution in [3.8, 4) is 5.13 Å². The molecule has 0 spiro atoms. The number of aromatic nitrogens is 2. The molecule has 2 heterocycles. The number of rotatable bonds is 5. The normalized spacial score (nSPS) is 12.7. The Balaban J connectivity index is 1.85. The van der Waals surface area contributed by atoms with E-state index < -0.39 is 10.0 Å². The Morgan fingerprint density at radius 3 is 2.67 bits per heavy atom. The largest absolute Gasteiger partial charge is 0.345 e. The quantitative estimate of drug-likeness (QED) is 0.682. The topological polar surface area (TPSA) is 107 Å². The summed E-state index contributed by atoms with van der Waals surface area (Å²) in [6.45, 7) is 5.58. The van der Waals surface area contributed by atoms with E-state index >= 15 is 0 Å². The molecule has 3 N–H and O–H groups in total. The number of sulfonamides is 1. The third kappa shape index (κ3) is 3.95. The van der Waals surface area contributed by atoms with Crippen LogP contribution in [0.5, 0.6) is 0 Å². The van der Waals surface area contributed by atoms with Crippen LogP contribution in [0.3, 0.4) is 0 Å². The van der Waals surface area contributed by atoms with E-state index in [1.807, 2.05) is 29.9 Å². The number of nitrogens with zero attached hydrogens (tertiary/aromatic N) is 2. The van der Waals surface area contributed by atoms with Gasteiger partial charge in [-0.05, 0) is 44.5 Å². The van der Waals surface area contributed by atoms with E-state index in [0.717, 1.165) is 16.5 Å². The molecule has 2 aromatic heterocycles. The van der Waals surface area contributed by atoms with Gasteiger partial charge in [-0.2, -0.15) is 0 Å². The van der Waals surface area contributed by atoms with Gasteiger partial charge < -0.3 is 5.32 Å². The van der Waals surface area contributed by atoms with Gasteiger partial charge in [0.25, 0.3) is 5.91 Å². The van der Waals surface area contributed by atoms with Crippen LogP contribution in [0.4, 0.5) is 0 Å². The smallest absolute Gasteiger partial charge is 0.253 e. The van der Waals surface area contributed by atoms with E-state index in [9.17, 15) is 13.2 Å². The highest BCUT2D eigenvalue weighted by Gasteiger charge is 2.20. The summed E-state index contributed by atoms with van der Waals surface area (Å²) >= 11 is 1.50. The van der Waals surface area contributed by atoms with Gasteiger partial charge in [0.15, 0.2) is 5.13 Å². The van der Waals surface area contributed by atoms with E-state index in [2.05, 4.69) is 10.3 Å². The van der Waals surface area contributed by atoms with Gasteiger partial charge in [-0.15, -0.1) is 11.3 Å². The van der Waals surface area contributed by atoms with Crippen molar-refractivity contribution < 1.29 is 13.2 Å². The molecule has 9 heteroatoms. The maximum absolute atomic E-state index is 12.8. The molecule has 7 nitrogen and oxygen atoms in total. The van der Waals surface area contributed by atoms with Gasteiger partial charge in [0.05, 0.1) is 16.5 Å². The van der Waals surface area contributed by atoms with Crippen molar-refractivity contribution in [3.05, 3.63) is 64.4 Å². The third-order valence-corrected chi connectivity index (χ3v) is 5.99. The van der Waals surface area contributed by atoms with Gasteiger partial charge in [-0.3, -0.25) is 9.36 Å². The van der Waals surface area contributed by atoms with Crippen molar-refractivity contribution >= 4 is 27.3 Å². The molecule has 0 aliphatic carbocycles. The molecule has 0 saturated heterocycles. The number of amides is 1. The van der Waals surface area contributed by atoms with Crippen LogP contribution in [0, 0.1) is 13.8 Å². The minimum absolute atomic E-state index is 0.0167. The molecule has 1 unspecified atom stereocenters. The average Bonchev–Trinajstić information content (AvgIpc) is 3.22. The first-order valence-corrected chi connectivity index (χ1v) is 10.6. The first-order valence-electron chi connectivity index (χ1n) is 8.21. The Kier molecular flexibility index (Phi) is 5.18. The summed E-state index contributed by atoms with van der Waals surface area (Å²) in [5, 5.41) is 10.8. The second-order valence-corrected chi connectivity index (χ2v) is 8.68. The van der Waals surface area contributed by atoms with E-state index in [1.165, 1.54) is 23.5 Å². The molecule has 142 valence electrons. The van der Waals surface area contributed by atoms with Crippen molar-refractivity contribution in [2.45, 2.75) is 31.7 Å². The van der Waals surface area contributed by atoms with Crippen LogP contribution in [0.25, 0.3) is 5.13 Å². The zero-order chi connectivity index (χ0) is 19.8. The number of nitrogens with two attached hydrogens (primary N) is 1. The van der Waals surface area contributed by atoms with E-state index in [4.69, 9.17) is 5.14 Å². The van der Waals surface area contributed by atoms with Gasteiger partial charge in [0.2, 0.25) is 10.0 Å². The molecule has 1 atom stereocenters. The first-order chi connectivity index (χ1) is 12.7. The Hall–Kier alpha value is -2.49. The van der Waals surface area contributed by atoms with Crippen molar-refractivity contribution in [2.75, 3.05) is 0 Å². The standard InChI is InChI=1S/C18H20N4O3S2/c1-11-9-16(13(3)22(11)18-20-7-8-26-18)17(23)21-12(2)14-5-4-6-15(10-14)27(19,24)25/h4-10,12H,1-3H3,(H,21,23)(H2,19,24,25). The molecule has 0 aliphatic rings. The summed E-state index contributed by atoms with van der Waals surface area (Å²) in [5.74, 6) is -0.237. The maximum atomic E-state index is 12.8. The predicted molar refractivity (Wildman–Crippen MR) is 105 cm³/mol. The van der Waals surface area contributed by atoms with E-state index in [-0.39, 0.29) is 16.8 Å². The lowest BCUT2D eigenvalue weighted by Crippen LogP contribution is -2.27. The minimum Gasteiger partial charge on any atom is -0.345 e. The average molecular weight is 405 g/mol. The van der Waals surface area contributed by atoms with Crippen LogP contribution in [0.1, 0.15) is 40.3 Å². The Labute approximate surface area is 161 Å². The van der Waals surface area contributed by atoms with Crippen LogP contribution in [0.2, 0.25) is 0 Å². The third-order valence-electron chi connectivity index (χ3n) is 4.32. The highest BCUT2D eigenvalue weighted by Crippen LogP contribution is 2.23. The Morgan fingerprint density at radius 1 is 1.30 bits per heavy atom. The number of primary sulfonamides is 1. The summed E-state index contributed by atoms with van der Waals surface area (Å²) in [7, 11) is -3.80. The van der Waals surface area contributed by atoms with Gasteiger partial charge >= 0.3 is 0 Å². The fourth-order valence-electron chi connectivity index (χ4n) is 2.93. The molecular weight excluding hydrogens is 384 g/mol. The van der Waals surface area contributed by atoms with Crippen molar-refractivity contribution in [3.63, 3.8) is 0 Å². The maximum Gasteiger partial charge on any atom is 0.253 e. The number of nitrogens with one attached hydrogen (secondary N) is 1. The van der Waals surface area contributed by atoms with Gasteiger partial charge in [0.1, 0.15) is 0 Å². The second-order valence-electron chi connectivity index (χ2n) is 6.25. The number of carbonyl (C=O) groups is 1. The predicted octanol–water partition coefficient (Wildman–Crippen LogP) is 2.69. The zero-order valence-corrected chi connectivity index (χ0v) is 16.8. The molecular formula is C18H20N4O3S2. The summed E-state index contributed by atoms with van der Waals surface area (Å²) in [6, 6.07) is 7.68. The monoisotopic (exact) mass is 404 g/mol. The molecule has 3 rings (SSSR count). The number of thiazole rings is 1. The van der Waals surface area contributed by atoms with Crippen molar-refractivity contribution in [2.24, 2.45) is 5.14 Å². The van der Waals surface area contributed by atoms with Crippen LogP contribution in [0.15, 0.2) is 46.8 Å². The lowest BCUT2D eigenvalue weighted by atomic mass is 10.1. The minimum atomic E-state index is -3.80. The Bertz CT molecular complexity index is 1090. The second kappa shape index (κ2) is 7.26. The molecule has 0 aliphatic heterocycles. The zero-order valence-electron chi connectivity index (χ0n) is 15.1. The number of hydrogen-bond acceptors (Lipinski definition) is 5. The highest BCUT2D eigenvalue weighted by atomic mass is 32.2. The molecule has 0 radical (unpaired) electrons. The highest BCUT2D eigenvalue weighted by molar-refractivity contribution is 7.89. The molecule has 0 fully saturated rings. The molecule has 3 aromatic rings. The van der Waals surface area contributed by atoms with Crippen molar-refractivity contribution in [1.82, 2.24) is 14.9 Å². The molecule has 1 aromatic carbocycles. The van der Waals surface area contributed by atoms with Crippen LogP contribution < -0.4 is 10.5 Å². The summed E-state index contributed by atoms with van der Waals surface area (Å²) in [5.41, 5.74) is 2.92. The van der Waals surface area contributed by atoms with Gasteiger partial charge in [-0.25, -0.2) is 18.5 Å². The van der Waals surface area contributed by atoms with E-state index in [1.54, 1.807) is 25.3 Å². The summed E-state index contributed by atoms with van der Waals surface area (Å²) < 4.78 is 25.0. The molecule has 1 amide bonds. The number of hydrogen-bond donors (Lipinski definition) is 2. The van der Waals surface area contributed by atoms with Crippen LogP contribution >= 0.6 is 11.3 Å². The van der Waals surface area contributed by atoms with Gasteiger partial charge in [0, 0.05) is 23.0 Å². The lowest BCUT2D eigenvalue weighted by Gasteiger charge is -2.15. The summed E-state index contributed by atoms with van der Waals surface area (Å²) in [6.07, 6.45) is 1.72. The molecule has 27 heavy (non-hydrogen) atoms. The molecule has 0 bridgehead atoms. The van der Waals surface area contributed by atoms with Crippen LogP contribution in [-0.4, -0.2) is 23.9 Å². The van der Waals surface area contributed by atoms with Crippen molar-refractivity contribution in [1.29, 1.82) is 0 Å². The molecule has 0 saturated carbocycles. The lowest BCUT2D eigenvalue weighted by molar-refractivity contribution is 0.0939.